The maximum Gasteiger partial charge on any atom is 0.325 e. The van der Waals surface area contributed by atoms with E-state index in [1.54, 1.807) is 30.1 Å². The number of amides is 3. The van der Waals surface area contributed by atoms with Crippen molar-refractivity contribution >= 4 is 41.0 Å². The number of hydrogen-bond acceptors (Lipinski definition) is 10. The van der Waals surface area contributed by atoms with Gasteiger partial charge in [0.25, 0.3) is 5.91 Å². The molecule has 4 heterocycles. The maximum atomic E-state index is 12.6. The summed E-state index contributed by atoms with van der Waals surface area (Å²) in [6.07, 6.45) is -0.502. The molecule has 146 valence electrons. The number of ether oxygens (including phenoxy) is 1. The Morgan fingerprint density at radius 2 is 2.07 bits per heavy atom. The number of imide groups is 1. The fourth-order valence-corrected chi connectivity index (χ4v) is 5.17. The number of rotatable bonds is 4. The molecule has 3 amide bonds. The Balaban J connectivity index is 1.52. The van der Waals surface area contributed by atoms with E-state index in [4.69, 9.17) is 9.73 Å². The third-order valence-electron chi connectivity index (χ3n) is 4.70. The van der Waals surface area contributed by atoms with Crippen LogP contribution < -0.4 is 5.32 Å². The molecule has 27 heavy (non-hydrogen) atoms. The third-order valence-corrected chi connectivity index (χ3v) is 6.65. The quantitative estimate of drug-likeness (QED) is 0.681. The second kappa shape index (κ2) is 7.60. The Labute approximate surface area is 164 Å². The molecular formula is C15H21N7O3S2. The summed E-state index contributed by atoms with van der Waals surface area (Å²) in [5.74, 6) is 1.21. The normalized spacial score (nSPS) is 25.6. The minimum atomic E-state index is -0.512. The van der Waals surface area contributed by atoms with E-state index in [1.165, 1.54) is 4.90 Å². The molecule has 2 atom stereocenters. The van der Waals surface area contributed by atoms with Crippen molar-refractivity contribution < 1.29 is 14.3 Å². The molecule has 3 aliphatic heterocycles. The number of fused-ring (bicyclic) bond motifs is 1. The number of hydrogen-bond donors (Lipinski definition) is 1. The van der Waals surface area contributed by atoms with Crippen molar-refractivity contribution in [3.63, 3.8) is 0 Å². The van der Waals surface area contributed by atoms with Crippen LogP contribution in [0, 0.1) is 6.92 Å². The lowest BCUT2D eigenvalue weighted by Crippen LogP contribution is -2.64. The summed E-state index contributed by atoms with van der Waals surface area (Å²) in [5, 5.41) is 11.5. The van der Waals surface area contributed by atoms with Crippen molar-refractivity contribution in [3.8, 4) is 0 Å². The van der Waals surface area contributed by atoms with Crippen LogP contribution in [0.1, 0.15) is 5.01 Å². The molecule has 1 aromatic heterocycles. The molecule has 0 aliphatic carbocycles. The number of carbonyl (C=O) groups excluding carboxylic acids is 2. The Morgan fingerprint density at radius 3 is 2.78 bits per heavy atom. The predicted octanol–water partition coefficient (Wildman–Crippen LogP) is -0.181. The summed E-state index contributed by atoms with van der Waals surface area (Å²) in [6.45, 7) is 5.24. The molecule has 10 nitrogen and oxygen atoms in total. The third kappa shape index (κ3) is 3.60. The van der Waals surface area contributed by atoms with E-state index < -0.39 is 18.2 Å². The molecular weight excluding hydrogens is 390 g/mol. The van der Waals surface area contributed by atoms with E-state index in [1.807, 2.05) is 11.8 Å². The fraction of sp³-hybridized carbons (Fsp3) is 0.667. The van der Waals surface area contributed by atoms with Gasteiger partial charge < -0.3 is 19.4 Å². The summed E-state index contributed by atoms with van der Waals surface area (Å²) in [5.41, 5.74) is 0. The SMILES string of the molecule is Cc1nnc(SCCN2C(N3CCOCC3)=NC3C2C(=O)NC(=O)N3C)s1. The van der Waals surface area contributed by atoms with E-state index in [0.29, 0.717) is 19.8 Å². The molecule has 4 rings (SSSR count). The summed E-state index contributed by atoms with van der Waals surface area (Å²) in [6, 6.07) is -0.922. The Kier molecular flexibility index (Phi) is 5.19. The van der Waals surface area contributed by atoms with Gasteiger partial charge in [-0.3, -0.25) is 10.1 Å². The molecule has 2 fully saturated rings. The molecule has 0 saturated carbocycles. The molecule has 0 bridgehead atoms. The first-order valence-corrected chi connectivity index (χ1v) is 10.5. The lowest BCUT2D eigenvalue weighted by molar-refractivity contribution is -0.127. The second-order valence-corrected chi connectivity index (χ2v) is 8.94. The van der Waals surface area contributed by atoms with Crippen LogP contribution in [0.25, 0.3) is 0 Å². The van der Waals surface area contributed by atoms with Crippen LogP contribution >= 0.6 is 23.1 Å². The van der Waals surface area contributed by atoms with Gasteiger partial charge in [0, 0.05) is 32.4 Å². The van der Waals surface area contributed by atoms with Crippen molar-refractivity contribution in [2.45, 2.75) is 23.5 Å². The van der Waals surface area contributed by atoms with Gasteiger partial charge in [-0.25, -0.2) is 9.79 Å². The van der Waals surface area contributed by atoms with Crippen LogP contribution in [0.4, 0.5) is 4.79 Å². The van der Waals surface area contributed by atoms with E-state index in [-0.39, 0.29) is 5.91 Å². The monoisotopic (exact) mass is 411 g/mol. The largest absolute Gasteiger partial charge is 0.378 e. The van der Waals surface area contributed by atoms with Gasteiger partial charge in [-0.05, 0) is 6.92 Å². The Hall–Kier alpha value is -1.92. The zero-order chi connectivity index (χ0) is 19.0. The van der Waals surface area contributed by atoms with Crippen molar-refractivity contribution in [3.05, 3.63) is 5.01 Å². The number of morpholine rings is 1. The first kappa shape index (κ1) is 18.4. The number of aliphatic imine (C=N–C) groups is 1. The Morgan fingerprint density at radius 1 is 1.30 bits per heavy atom. The zero-order valence-electron chi connectivity index (χ0n) is 15.1. The van der Waals surface area contributed by atoms with E-state index in [0.717, 1.165) is 34.1 Å². The van der Waals surface area contributed by atoms with Crippen LogP contribution in [-0.4, -0.2) is 101 Å². The van der Waals surface area contributed by atoms with E-state index in [9.17, 15) is 9.59 Å². The van der Waals surface area contributed by atoms with Crippen LogP contribution in [0.3, 0.4) is 0 Å². The summed E-state index contributed by atoms with van der Waals surface area (Å²) in [7, 11) is 1.67. The molecule has 2 unspecified atom stereocenters. The van der Waals surface area contributed by atoms with Crippen LogP contribution in [-0.2, 0) is 9.53 Å². The lowest BCUT2D eigenvalue weighted by atomic mass is 10.1. The topological polar surface area (TPSA) is 103 Å². The molecule has 1 N–H and O–H groups in total. The van der Waals surface area contributed by atoms with Gasteiger partial charge in [0.05, 0.1) is 13.2 Å². The number of urea groups is 1. The van der Waals surface area contributed by atoms with E-state index in [2.05, 4.69) is 20.4 Å². The predicted molar refractivity (Wildman–Crippen MR) is 101 cm³/mol. The average molecular weight is 412 g/mol. The van der Waals surface area contributed by atoms with Crippen molar-refractivity contribution in [2.24, 2.45) is 4.99 Å². The number of likely N-dealkylation sites (N-methyl/N-ethyl adjacent to an activating group) is 1. The van der Waals surface area contributed by atoms with Gasteiger partial charge in [-0.2, -0.15) is 0 Å². The molecule has 0 radical (unpaired) electrons. The Bertz CT molecular complexity index is 764. The second-order valence-electron chi connectivity index (χ2n) is 6.42. The number of nitrogens with one attached hydrogen (secondary N) is 1. The smallest absolute Gasteiger partial charge is 0.325 e. The number of nitrogens with zero attached hydrogens (tertiary/aromatic N) is 6. The first-order chi connectivity index (χ1) is 13.0. The maximum absolute atomic E-state index is 12.6. The highest BCUT2D eigenvalue weighted by Gasteiger charge is 2.49. The van der Waals surface area contributed by atoms with Gasteiger partial charge in [0.1, 0.15) is 5.01 Å². The molecule has 2 saturated heterocycles. The van der Waals surface area contributed by atoms with Crippen molar-refractivity contribution in [1.82, 2.24) is 30.2 Å². The first-order valence-electron chi connectivity index (χ1n) is 8.72. The molecule has 12 heteroatoms. The highest BCUT2D eigenvalue weighted by Crippen LogP contribution is 2.28. The molecule has 1 aromatic rings. The lowest BCUT2D eigenvalue weighted by Gasteiger charge is -2.38. The number of aryl methyl sites for hydroxylation is 1. The standard InChI is InChI=1S/C15H21N7O3S2/c1-9-18-19-15(27-9)26-8-5-22-10-11(20(2)14(24)17-12(10)23)16-13(22)21-3-6-25-7-4-21/h10-11H,3-8H2,1-2H3,(H,17,23,24). The fourth-order valence-electron chi connectivity index (χ4n) is 3.35. The number of thioether (sulfide) groups is 1. The molecule has 0 spiro atoms. The number of guanidine groups is 1. The summed E-state index contributed by atoms with van der Waals surface area (Å²) in [4.78, 5) is 34.9. The molecule has 0 aromatic carbocycles. The van der Waals surface area contributed by atoms with Gasteiger partial charge in [0.2, 0.25) is 0 Å². The van der Waals surface area contributed by atoms with Gasteiger partial charge in [0.15, 0.2) is 22.5 Å². The minimum absolute atomic E-state index is 0.299. The summed E-state index contributed by atoms with van der Waals surface area (Å²) >= 11 is 3.17. The highest BCUT2D eigenvalue weighted by atomic mass is 32.2. The van der Waals surface area contributed by atoms with Gasteiger partial charge >= 0.3 is 6.03 Å². The van der Waals surface area contributed by atoms with Crippen molar-refractivity contribution in [1.29, 1.82) is 0 Å². The van der Waals surface area contributed by atoms with Crippen LogP contribution in [0.2, 0.25) is 0 Å². The molecule has 3 aliphatic rings. The van der Waals surface area contributed by atoms with Gasteiger partial charge in [-0.1, -0.05) is 23.1 Å². The minimum Gasteiger partial charge on any atom is -0.378 e. The number of carbonyl (C=O) groups is 2. The van der Waals surface area contributed by atoms with Crippen LogP contribution in [0.15, 0.2) is 9.33 Å². The average Bonchev–Trinajstić information content (AvgIpc) is 3.25. The van der Waals surface area contributed by atoms with Gasteiger partial charge in [-0.15, -0.1) is 10.2 Å². The van der Waals surface area contributed by atoms with Crippen molar-refractivity contribution in [2.75, 3.05) is 45.6 Å². The van der Waals surface area contributed by atoms with Crippen LogP contribution in [0.5, 0.6) is 0 Å². The number of aromatic nitrogens is 2. The van der Waals surface area contributed by atoms with E-state index >= 15 is 0 Å². The highest BCUT2D eigenvalue weighted by molar-refractivity contribution is 8.01. The summed E-state index contributed by atoms with van der Waals surface area (Å²) < 4.78 is 6.35. The zero-order valence-corrected chi connectivity index (χ0v) is 16.8.